The fourth-order valence-corrected chi connectivity index (χ4v) is 2.32. The Morgan fingerprint density at radius 1 is 1.23 bits per heavy atom. The summed E-state index contributed by atoms with van der Waals surface area (Å²) in [7, 11) is 5.50. The Balaban J connectivity index is 0.00000242. The molecule has 2 rings (SSSR count). The van der Waals surface area contributed by atoms with Crippen molar-refractivity contribution in [1.29, 1.82) is 0 Å². The van der Waals surface area contributed by atoms with Crippen LogP contribution >= 0.6 is 47.2 Å². The Morgan fingerprint density at radius 2 is 1.86 bits per heavy atom. The van der Waals surface area contributed by atoms with Gasteiger partial charge >= 0.3 is 0 Å². The first-order chi connectivity index (χ1) is 10.0. The van der Waals surface area contributed by atoms with Gasteiger partial charge < -0.3 is 15.2 Å². The first-order valence-electron chi connectivity index (χ1n) is 6.44. The molecule has 6 nitrogen and oxygen atoms in total. The van der Waals surface area contributed by atoms with Crippen molar-refractivity contribution in [1.82, 2.24) is 25.0 Å². The van der Waals surface area contributed by atoms with Crippen molar-refractivity contribution < 1.29 is 0 Å². The van der Waals surface area contributed by atoms with E-state index in [1.807, 2.05) is 35.5 Å². The van der Waals surface area contributed by atoms with Gasteiger partial charge in [0, 0.05) is 33.0 Å². The maximum atomic E-state index is 6.04. The van der Waals surface area contributed by atoms with Crippen molar-refractivity contribution in [2.45, 2.75) is 13.1 Å². The lowest BCUT2D eigenvalue weighted by molar-refractivity contribution is 0.681. The second-order valence-corrected chi connectivity index (χ2v) is 5.32. The molecule has 122 valence electrons. The van der Waals surface area contributed by atoms with Gasteiger partial charge in [0.25, 0.3) is 0 Å². The van der Waals surface area contributed by atoms with Gasteiger partial charge in [-0.1, -0.05) is 23.2 Å². The van der Waals surface area contributed by atoms with Crippen molar-refractivity contribution in [3.05, 3.63) is 39.9 Å². The standard InChI is InChI=1S/C13H18Cl2N6.HI/c1-16-13(17-7-9-4-5-19-21(9)3)18-8-10-6-11(14)12(15)20(10)2;/h4-6H,7-8H2,1-3H3,(H2,16,17,18);1H. The molecule has 0 saturated heterocycles. The number of nitrogens with zero attached hydrogens (tertiary/aromatic N) is 4. The Hall–Kier alpha value is -0.930. The van der Waals surface area contributed by atoms with Crippen LogP contribution in [0.5, 0.6) is 0 Å². The van der Waals surface area contributed by atoms with Crippen LogP contribution in [0.2, 0.25) is 10.2 Å². The van der Waals surface area contributed by atoms with E-state index in [1.165, 1.54) is 0 Å². The number of aryl methyl sites for hydroxylation is 1. The van der Waals surface area contributed by atoms with E-state index in [0.717, 1.165) is 11.4 Å². The molecule has 0 aliphatic carbocycles. The van der Waals surface area contributed by atoms with Crippen molar-refractivity contribution in [3.63, 3.8) is 0 Å². The summed E-state index contributed by atoms with van der Waals surface area (Å²) in [6.07, 6.45) is 1.77. The molecule has 0 aromatic carbocycles. The van der Waals surface area contributed by atoms with Gasteiger partial charge in [-0.25, -0.2) is 0 Å². The topological polar surface area (TPSA) is 59.2 Å². The molecule has 9 heteroatoms. The van der Waals surface area contributed by atoms with Gasteiger partial charge in [0.15, 0.2) is 5.96 Å². The lowest BCUT2D eigenvalue weighted by Crippen LogP contribution is -2.37. The van der Waals surface area contributed by atoms with Crippen LogP contribution in [-0.4, -0.2) is 27.4 Å². The molecular formula is C13H19Cl2IN6. The smallest absolute Gasteiger partial charge is 0.191 e. The van der Waals surface area contributed by atoms with Crippen LogP contribution in [0.3, 0.4) is 0 Å². The normalized spacial score (nSPS) is 11.2. The fraction of sp³-hybridized carbons (Fsp3) is 0.385. The number of aromatic nitrogens is 3. The molecule has 0 amide bonds. The Morgan fingerprint density at radius 3 is 2.32 bits per heavy atom. The third-order valence-electron chi connectivity index (χ3n) is 3.24. The third-order valence-corrected chi connectivity index (χ3v) is 4.08. The monoisotopic (exact) mass is 456 g/mol. The van der Waals surface area contributed by atoms with E-state index in [9.17, 15) is 0 Å². The molecule has 2 aromatic rings. The quantitative estimate of drug-likeness (QED) is 0.422. The SMILES string of the molecule is CN=C(NCc1ccnn1C)NCc1cc(Cl)c(Cl)n1C.I. The van der Waals surface area contributed by atoms with Crippen molar-refractivity contribution in [2.24, 2.45) is 19.1 Å². The average Bonchev–Trinajstić information content (AvgIpc) is 2.98. The van der Waals surface area contributed by atoms with Crippen LogP contribution in [0, 0.1) is 0 Å². The second-order valence-electron chi connectivity index (χ2n) is 4.56. The molecule has 0 radical (unpaired) electrons. The van der Waals surface area contributed by atoms with Crippen LogP contribution in [-0.2, 0) is 27.2 Å². The maximum Gasteiger partial charge on any atom is 0.191 e. The Kier molecular flexibility index (Phi) is 7.51. The van der Waals surface area contributed by atoms with Gasteiger partial charge in [0.05, 0.1) is 23.8 Å². The number of aliphatic imine (C=N–C) groups is 1. The van der Waals surface area contributed by atoms with Gasteiger partial charge in [-0.2, -0.15) is 5.10 Å². The fourth-order valence-electron chi connectivity index (χ4n) is 1.90. The minimum absolute atomic E-state index is 0. The summed E-state index contributed by atoms with van der Waals surface area (Å²) in [5.41, 5.74) is 2.05. The molecule has 0 saturated carbocycles. The van der Waals surface area contributed by atoms with Gasteiger partial charge in [-0.3, -0.25) is 9.67 Å². The van der Waals surface area contributed by atoms with E-state index in [-0.39, 0.29) is 24.0 Å². The summed E-state index contributed by atoms with van der Waals surface area (Å²) in [4.78, 5) is 4.18. The van der Waals surface area contributed by atoms with Crippen LogP contribution in [0.1, 0.15) is 11.4 Å². The van der Waals surface area contributed by atoms with Gasteiger partial charge in [-0.15, -0.1) is 24.0 Å². The molecule has 2 heterocycles. The molecule has 0 aliphatic rings. The van der Waals surface area contributed by atoms with E-state index in [2.05, 4.69) is 20.7 Å². The highest BCUT2D eigenvalue weighted by atomic mass is 127. The number of hydrogen-bond donors (Lipinski definition) is 2. The van der Waals surface area contributed by atoms with E-state index >= 15 is 0 Å². The third kappa shape index (κ3) is 4.53. The molecule has 0 unspecified atom stereocenters. The number of halogens is 3. The average molecular weight is 457 g/mol. The highest BCUT2D eigenvalue weighted by molar-refractivity contribution is 14.0. The minimum Gasteiger partial charge on any atom is -0.351 e. The molecule has 0 bridgehead atoms. The maximum absolute atomic E-state index is 6.04. The molecule has 2 aromatic heterocycles. The zero-order valence-electron chi connectivity index (χ0n) is 12.6. The first-order valence-corrected chi connectivity index (χ1v) is 7.19. The molecule has 22 heavy (non-hydrogen) atoms. The molecule has 0 aliphatic heterocycles. The van der Waals surface area contributed by atoms with E-state index in [4.69, 9.17) is 23.2 Å². The Labute approximate surface area is 156 Å². The van der Waals surface area contributed by atoms with E-state index < -0.39 is 0 Å². The number of rotatable bonds is 4. The van der Waals surface area contributed by atoms with Crippen molar-refractivity contribution >= 4 is 53.1 Å². The Bertz CT molecular complexity index is 649. The molecule has 2 N–H and O–H groups in total. The van der Waals surface area contributed by atoms with Gasteiger partial charge in [0.2, 0.25) is 0 Å². The predicted molar refractivity (Wildman–Crippen MR) is 101 cm³/mol. The highest BCUT2D eigenvalue weighted by Gasteiger charge is 2.09. The largest absolute Gasteiger partial charge is 0.351 e. The number of guanidine groups is 1. The van der Waals surface area contributed by atoms with Crippen LogP contribution < -0.4 is 10.6 Å². The molecule has 0 spiro atoms. The van der Waals surface area contributed by atoms with Gasteiger partial charge in [0.1, 0.15) is 5.15 Å². The molecular weight excluding hydrogens is 438 g/mol. The molecule has 0 atom stereocenters. The number of nitrogens with one attached hydrogen (secondary N) is 2. The lowest BCUT2D eigenvalue weighted by Gasteiger charge is -2.12. The zero-order chi connectivity index (χ0) is 15.4. The summed E-state index contributed by atoms with van der Waals surface area (Å²) >= 11 is 12.0. The van der Waals surface area contributed by atoms with Gasteiger partial charge in [-0.05, 0) is 12.1 Å². The van der Waals surface area contributed by atoms with E-state index in [0.29, 0.717) is 29.2 Å². The number of hydrogen-bond acceptors (Lipinski definition) is 2. The van der Waals surface area contributed by atoms with Crippen LogP contribution in [0.15, 0.2) is 23.3 Å². The predicted octanol–water partition coefficient (Wildman–Crippen LogP) is 2.55. The lowest BCUT2D eigenvalue weighted by atomic mass is 10.4. The summed E-state index contributed by atoms with van der Waals surface area (Å²) in [5, 5.41) is 11.7. The zero-order valence-corrected chi connectivity index (χ0v) is 16.4. The summed E-state index contributed by atoms with van der Waals surface area (Å²) in [5.74, 6) is 0.699. The summed E-state index contributed by atoms with van der Waals surface area (Å²) in [6.45, 7) is 1.22. The summed E-state index contributed by atoms with van der Waals surface area (Å²) < 4.78 is 3.66. The van der Waals surface area contributed by atoms with Crippen LogP contribution in [0.25, 0.3) is 0 Å². The first kappa shape index (κ1) is 19.1. The van der Waals surface area contributed by atoms with Crippen molar-refractivity contribution in [2.75, 3.05) is 7.05 Å². The van der Waals surface area contributed by atoms with Crippen LogP contribution in [0.4, 0.5) is 0 Å². The minimum atomic E-state index is 0. The summed E-state index contributed by atoms with van der Waals surface area (Å²) in [6, 6.07) is 3.79. The highest BCUT2D eigenvalue weighted by Crippen LogP contribution is 2.24. The second kappa shape index (κ2) is 8.64. The molecule has 0 fully saturated rings. The van der Waals surface area contributed by atoms with Crippen molar-refractivity contribution in [3.8, 4) is 0 Å². The van der Waals surface area contributed by atoms with E-state index in [1.54, 1.807) is 13.2 Å².